The number of hydrogen-bond acceptors (Lipinski definition) is 5. The van der Waals surface area contributed by atoms with E-state index >= 15 is 4.39 Å². The SMILES string of the molecule is C[C@H](c1ccc(-c2ccnn2C)cc1)[C@@](Cn1cncn1)(OP(=O)(O)O)c1ccc(F)cc1F. The van der Waals surface area contributed by atoms with E-state index in [2.05, 4.69) is 15.2 Å². The molecule has 9 nitrogen and oxygen atoms in total. The normalized spacial score (nSPS) is 14.6. The highest BCUT2D eigenvalue weighted by molar-refractivity contribution is 7.46. The molecule has 0 fully saturated rings. The van der Waals surface area contributed by atoms with Crippen molar-refractivity contribution in [2.75, 3.05) is 0 Å². The molecule has 178 valence electrons. The van der Waals surface area contributed by atoms with Crippen LogP contribution in [0.15, 0.2) is 67.4 Å². The molecule has 0 amide bonds. The summed E-state index contributed by atoms with van der Waals surface area (Å²) in [5, 5.41) is 8.15. The number of nitrogens with zero attached hydrogens (tertiary/aromatic N) is 5. The summed E-state index contributed by atoms with van der Waals surface area (Å²) in [6, 6.07) is 11.8. The van der Waals surface area contributed by atoms with Gasteiger partial charge in [0.25, 0.3) is 0 Å². The molecule has 2 atom stereocenters. The quantitative estimate of drug-likeness (QED) is 0.362. The van der Waals surface area contributed by atoms with Crippen LogP contribution in [0.5, 0.6) is 0 Å². The van der Waals surface area contributed by atoms with Crippen LogP contribution in [0.3, 0.4) is 0 Å². The van der Waals surface area contributed by atoms with Crippen LogP contribution < -0.4 is 0 Å². The molecule has 0 aliphatic carbocycles. The van der Waals surface area contributed by atoms with Crippen LogP contribution in [-0.2, 0) is 28.3 Å². The number of halogens is 2. The Morgan fingerprint density at radius 2 is 1.85 bits per heavy atom. The van der Waals surface area contributed by atoms with Crippen LogP contribution >= 0.6 is 7.82 Å². The minimum atomic E-state index is -5.17. The molecule has 2 aromatic carbocycles. The predicted octanol–water partition coefficient (Wildman–Crippen LogP) is 3.77. The van der Waals surface area contributed by atoms with Crippen molar-refractivity contribution in [1.29, 1.82) is 0 Å². The fraction of sp³-hybridized carbons (Fsp3) is 0.227. The molecule has 4 rings (SSSR count). The van der Waals surface area contributed by atoms with Gasteiger partial charge in [0.05, 0.1) is 12.2 Å². The van der Waals surface area contributed by atoms with Gasteiger partial charge in [0, 0.05) is 30.8 Å². The van der Waals surface area contributed by atoms with Crippen molar-refractivity contribution in [2.45, 2.75) is 25.0 Å². The number of aryl methyl sites for hydroxylation is 1. The van der Waals surface area contributed by atoms with E-state index in [4.69, 9.17) is 4.52 Å². The van der Waals surface area contributed by atoms with Gasteiger partial charge in [0.1, 0.15) is 29.9 Å². The smallest absolute Gasteiger partial charge is 0.303 e. The minimum absolute atomic E-state index is 0.226. The van der Waals surface area contributed by atoms with Gasteiger partial charge in [-0.2, -0.15) is 10.2 Å². The highest BCUT2D eigenvalue weighted by Gasteiger charge is 2.47. The van der Waals surface area contributed by atoms with Crippen LogP contribution in [0.2, 0.25) is 0 Å². The van der Waals surface area contributed by atoms with Crippen molar-refractivity contribution >= 4 is 7.82 Å². The van der Waals surface area contributed by atoms with Gasteiger partial charge in [0.15, 0.2) is 0 Å². The third kappa shape index (κ3) is 4.83. The highest BCUT2D eigenvalue weighted by Crippen LogP contribution is 2.53. The van der Waals surface area contributed by atoms with Crippen LogP contribution in [0.25, 0.3) is 11.3 Å². The number of aromatic nitrogens is 5. The average molecular weight is 489 g/mol. The van der Waals surface area contributed by atoms with E-state index in [1.165, 1.54) is 17.3 Å². The summed E-state index contributed by atoms with van der Waals surface area (Å²) in [4.78, 5) is 23.5. The fourth-order valence-corrected chi connectivity index (χ4v) is 4.82. The molecule has 0 saturated carbocycles. The Morgan fingerprint density at radius 3 is 2.41 bits per heavy atom. The van der Waals surface area contributed by atoms with E-state index in [0.29, 0.717) is 11.6 Å². The van der Waals surface area contributed by atoms with Crippen molar-refractivity contribution in [1.82, 2.24) is 24.5 Å². The molecule has 34 heavy (non-hydrogen) atoms. The van der Waals surface area contributed by atoms with Gasteiger partial charge in [-0.25, -0.2) is 23.0 Å². The lowest BCUT2D eigenvalue weighted by Gasteiger charge is -2.39. The van der Waals surface area contributed by atoms with E-state index in [-0.39, 0.29) is 12.1 Å². The van der Waals surface area contributed by atoms with E-state index in [0.717, 1.165) is 23.4 Å². The van der Waals surface area contributed by atoms with E-state index in [9.17, 15) is 18.7 Å². The molecule has 0 saturated heterocycles. The van der Waals surface area contributed by atoms with Gasteiger partial charge in [-0.1, -0.05) is 37.3 Å². The maximum absolute atomic E-state index is 15.1. The van der Waals surface area contributed by atoms with Gasteiger partial charge in [-0.15, -0.1) is 0 Å². The molecule has 0 aliphatic rings. The van der Waals surface area contributed by atoms with E-state index < -0.39 is 31.0 Å². The largest absolute Gasteiger partial charge is 0.470 e. The molecule has 0 bridgehead atoms. The zero-order valence-electron chi connectivity index (χ0n) is 18.3. The number of benzene rings is 2. The second-order valence-electron chi connectivity index (χ2n) is 7.87. The molecule has 0 radical (unpaired) electrons. The lowest BCUT2D eigenvalue weighted by Crippen LogP contribution is -2.40. The van der Waals surface area contributed by atoms with Crippen molar-refractivity contribution < 1.29 is 27.7 Å². The summed E-state index contributed by atoms with van der Waals surface area (Å²) in [5.41, 5.74) is 0.142. The molecule has 2 N–H and O–H groups in total. The van der Waals surface area contributed by atoms with E-state index in [1.807, 2.05) is 18.2 Å². The van der Waals surface area contributed by atoms with Gasteiger partial charge in [-0.3, -0.25) is 9.21 Å². The highest BCUT2D eigenvalue weighted by atomic mass is 31.2. The Hall–Kier alpha value is -3.24. The third-order valence-corrected chi connectivity index (χ3v) is 6.32. The third-order valence-electron chi connectivity index (χ3n) is 5.76. The number of phosphoric acid groups is 1. The summed E-state index contributed by atoms with van der Waals surface area (Å²) in [6.45, 7) is 1.35. The van der Waals surface area contributed by atoms with Crippen molar-refractivity contribution in [3.05, 3.63) is 90.1 Å². The minimum Gasteiger partial charge on any atom is -0.303 e. The zero-order valence-corrected chi connectivity index (χ0v) is 19.2. The molecular formula is C22H22F2N5O4P. The standard InChI is InChI=1S/C22H22F2N5O4P/c1-15(16-3-5-17(6-4-16)21-9-10-26-28(21)2)22(33-34(30,31)32,12-29-14-25-13-27-29)19-8-7-18(23)11-20(19)24/h3-11,13-15H,12H2,1-2H3,(H2,30,31,32)/t15-,22-/m1/s1. The van der Waals surface area contributed by atoms with Crippen LogP contribution in [0, 0.1) is 11.6 Å². The molecule has 4 aromatic rings. The first kappa shape index (κ1) is 23.9. The average Bonchev–Trinajstić information content (AvgIpc) is 3.43. The Bertz CT molecular complexity index is 1320. The first-order chi connectivity index (χ1) is 16.1. The van der Waals surface area contributed by atoms with Crippen LogP contribution in [-0.4, -0.2) is 34.3 Å². The van der Waals surface area contributed by atoms with E-state index in [1.54, 1.807) is 37.0 Å². The maximum Gasteiger partial charge on any atom is 0.470 e. The topological polar surface area (TPSA) is 115 Å². The van der Waals surface area contributed by atoms with Crippen LogP contribution in [0.4, 0.5) is 8.78 Å². The summed E-state index contributed by atoms with van der Waals surface area (Å²) >= 11 is 0. The lowest BCUT2D eigenvalue weighted by atomic mass is 9.77. The molecule has 2 aromatic heterocycles. The molecule has 12 heteroatoms. The number of rotatable bonds is 8. The lowest BCUT2D eigenvalue weighted by molar-refractivity contribution is -0.0106. The molecule has 0 aliphatic heterocycles. The monoisotopic (exact) mass is 489 g/mol. The van der Waals surface area contributed by atoms with Gasteiger partial charge >= 0.3 is 7.82 Å². The molecule has 2 heterocycles. The van der Waals surface area contributed by atoms with Gasteiger partial charge in [0.2, 0.25) is 0 Å². The van der Waals surface area contributed by atoms with Crippen LogP contribution in [0.1, 0.15) is 24.0 Å². The van der Waals surface area contributed by atoms with Crippen molar-refractivity contribution in [3.8, 4) is 11.3 Å². The summed E-state index contributed by atoms with van der Waals surface area (Å²) in [7, 11) is -3.36. The number of phosphoric ester groups is 1. The summed E-state index contributed by atoms with van der Waals surface area (Å²) in [6.07, 6.45) is 4.22. The summed E-state index contributed by atoms with van der Waals surface area (Å²) in [5.74, 6) is -2.66. The second kappa shape index (κ2) is 9.19. The first-order valence-electron chi connectivity index (χ1n) is 10.2. The molecular weight excluding hydrogens is 467 g/mol. The van der Waals surface area contributed by atoms with Gasteiger partial charge in [-0.05, 0) is 23.3 Å². The zero-order chi connectivity index (χ0) is 24.5. The Balaban J connectivity index is 1.86. The van der Waals surface area contributed by atoms with Crippen molar-refractivity contribution in [2.24, 2.45) is 7.05 Å². The molecule has 0 spiro atoms. The summed E-state index contributed by atoms with van der Waals surface area (Å²) < 4.78 is 49.3. The fourth-order valence-electron chi connectivity index (χ4n) is 4.08. The van der Waals surface area contributed by atoms with Crippen molar-refractivity contribution in [3.63, 3.8) is 0 Å². The Morgan fingerprint density at radius 1 is 1.12 bits per heavy atom. The second-order valence-corrected chi connectivity index (χ2v) is 9.04. The Labute approximate surface area is 193 Å². The first-order valence-corrected chi connectivity index (χ1v) is 11.7. The molecule has 0 unspecified atom stereocenters. The van der Waals surface area contributed by atoms with Gasteiger partial charge < -0.3 is 9.79 Å². The predicted molar refractivity (Wildman–Crippen MR) is 118 cm³/mol. The Kier molecular flexibility index (Phi) is 6.46. The maximum atomic E-state index is 15.1. The number of hydrogen-bond donors (Lipinski definition) is 2.